The number of nitrogens with one attached hydrogen (secondary N) is 1. The van der Waals surface area contributed by atoms with Gasteiger partial charge in [-0.15, -0.1) is 0 Å². The number of aromatic nitrogens is 3. The number of benzene rings is 2. The molecule has 0 aliphatic carbocycles. The van der Waals surface area contributed by atoms with E-state index < -0.39 is 10.9 Å². The van der Waals surface area contributed by atoms with Crippen molar-refractivity contribution in [2.75, 3.05) is 18.2 Å². The third-order valence-electron chi connectivity index (χ3n) is 3.77. The van der Waals surface area contributed by atoms with Gasteiger partial charge >= 0.3 is 5.97 Å². The SMILES string of the molecule is COc1ccccc1Nc1nc(N)nc(COC(=O)c2cc([N+](=O)[O-])ccc2Cl)n1. The van der Waals surface area contributed by atoms with Gasteiger partial charge in [0, 0.05) is 12.1 Å². The number of hydrogen-bond donors (Lipinski definition) is 2. The van der Waals surface area contributed by atoms with Crippen molar-refractivity contribution in [3.05, 3.63) is 69.0 Å². The van der Waals surface area contributed by atoms with Crippen molar-refractivity contribution in [2.24, 2.45) is 0 Å². The van der Waals surface area contributed by atoms with Crippen LogP contribution in [0.5, 0.6) is 5.75 Å². The van der Waals surface area contributed by atoms with Crippen LogP contribution in [0.1, 0.15) is 16.2 Å². The lowest BCUT2D eigenvalue weighted by Crippen LogP contribution is -2.12. The summed E-state index contributed by atoms with van der Waals surface area (Å²) in [4.78, 5) is 34.6. The zero-order chi connectivity index (χ0) is 21.7. The van der Waals surface area contributed by atoms with E-state index in [-0.39, 0.29) is 40.6 Å². The summed E-state index contributed by atoms with van der Waals surface area (Å²) < 4.78 is 10.4. The largest absolute Gasteiger partial charge is 0.495 e. The topological polar surface area (TPSA) is 155 Å². The summed E-state index contributed by atoms with van der Waals surface area (Å²) in [6.07, 6.45) is 0. The summed E-state index contributed by atoms with van der Waals surface area (Å²) >= 11 is 5.94. The van der Waals surface area contributed by atoms with Crippen molar-refractivity contribution in [1.29, 1.82) is 0 Å². The number of nitrogens with two attached hydrogens (primary N) is 1. The van der Waals surface area contributed by atoms with Crippen molar-refractivity contribution < 1.29 is 19.2 Å². The van der Waals surface area contributed by atoms with Gasteiger partial charge in [0.2, 0.25) is 11.9 Å². The number of esters is 1. The maximum absolute atomic E-state index is 12.3. The summed E-state index contributed by atoms with van der Waals surface area (Å²) in [6.45, 7) is -0.356. The molecule has 2 aromatic carbocycles. The Morgan fingerprint density at radius 2 is 2.00 bits per heavy atom. The maximum atomic E-state index is 12.3. The van der Waals surface area contributed by atoms with Crippen LogP contribution < -0.4 is 15.8 Å². The Morgan fingerprint density at radius 3 is 2.73 bits per heavy atom. The number of anilines is 3. The molecule has 0 radical (unpaired) electrons. The molecule has 0 bridgehead atoms. The summed E-state index contributed by atoms with van der Waals surface area (Å²) in [6, 6.07) is 10.5. The Bertz CT molecular complexity index is 1110. The van der Waals surface area contributed by atoms with Crippen LogP contribution in [0, 0.1) is 10.1 Å². The molecule has 0 atom stereocenters. The van der Waals surface area contributed by atoms with E-state index in [4.69, 9.17) is 26.8 Å². The fraction of sp³-hybridized carbons (Fsp3) is 0.111. The Balaban J connectivity index is 1.75. The van der Waals surface area contributed by atoms with Gasteiger partial charge < -0.3 is 20.5 Å². The summed E-state index contributed by atoms with van der Waals surface area (Å²) in [5, 5.41) is 13.9. The molecule has 0 saturated carbocycles. The highest BCUT2D eigenvalue weighted by molar-refractivity contribution is 6.33. The van der Waals surface area contributed by atoms with E-state index in [1.54, 1.807) is 24.3 Å². The summed E-state index contributed by atoms with van der Waals surface area (Å²) in [5.74, 6) is -0.227. The molecule has 0 unspecified atom stereocenters. The first kappa shape index (κ1) is 20.7. The van der Waals surface area contributed by atoms with Crippen LogP contribution >= 0.6 is 11.6 Å². The second kappa shape index (κ2) is 9.01. The van der Waals surface area contributed by atoms with Crippen molar-refractivity contribution in [3.63, 3.8) is 0 Å². The zero-order valence-corrected chi connectivity index (χ0v) is 16.3. The van der Waals surface area contributed by atoms with E-state index in [9.17, 15) is 14.9 Å². The highest BCUT2D eigenvalue weighted by Crippen LogP contribution is 2.26. The first-order valence-corrected chi connectivity index (χ1v) is 8.76. The fourth-order valence-corrected chi connectivity index (χ4v) is 2.61. The van der Waals surface area contributed by atoms with E-state index in [0.29, 0.717) is 11.4 Å². The predicted octanol–water partition coefficient (Wildman–Crippen LogP) is 3.12. The molecule has 12 heteroatoms. The van der Waals surface area contributed by atoms with E-state index in [1.807, 2.05) is 0 Å². The zero-order valence-electron chi connectivity index (χ0n) is 15.5. The molecule has 11 nitrogen and oxygen atoms in total. The van der Waals surface area contributed by atoms with Gasteiger partial charge in [-0.3, -0.25) is 10.1 Å². The third-order valence-corrected chi connectivity index (χ3v) is 4.10. The van der Waals surface area contributed by atoms with Crippen LogP contribution in [-0.2, 0) is 11.3 Å². The standard InChI is InChI=1S/C18H15ClN6O5/c1-29-14-5-3-2-4-13(14)21-18-23-15(22-17(20)24-18)9-30-16(26)11-8-10(25(27)28)6-7-12(11)19/h2-8H,9H2,1H3,(H3,20,21,22,23,24). The van der Waals surface area contributed by atoms with Crippen LogP contribution in [0.15, 0.2) is 42.5 Å². The Kier molecular flexibility index (Phi) is 6.23. The smallest absolute Gasteiger partial charge is 0.340 e. The van der Waals surface area contributed by atoms with Crippen LogP contribution in [0.3, 0.4) is 0 Å². The molecule has 0 fully saturated rings. The van der Waals surface area contributed by atoms with E-state index >= 15 is 0 Å². The van der Waals surface area contributed by atoms with Gasteiger partial charge in [0.1, 0.15) is 5.75 Å². The Labute approximate surface area is 175 Å². The monoisotopic (exact) mass is 430 g/mol. The molecule has 1 heterocycles. The number of nitrogen functional groups attached to an aromatic ring is 1. The van der Waals surface area contributed by atoms with Crippen molar-refractivity contribution in [2.45, 2.75) is 6.61 Å². The Morgan fingerprint density at radius 1 is 1.23 bits per heavy atom. The second-order valence-electron chi connectivity index (χ2n) is 5.76. The molecule has 30 heavy (non-hydrogen) atoms. The second-order valence-corrected chi connectivity index (χ2v) is 6.16. The number of nitro benzene ring substituents is 1. The highest BCUT2D eigenvalue weighted by Gasteiger charge is 2.18. The summed E-state index contributed by atoms with van der Waals surface area (Å²) in [7, 11) is 1.52. The average Bonchev–Trinajstić information content (AvgIpc) is 2.72. The summed E-state index contributed by atoms with van der Waals surface area (Å²) in [5.41, 5.74) is 5.86. The molecule has 1 aromatic heterocycles. The van der Waals surface area contributed by atoms with Gasteiger partial charge in [-0.1, -0.05) is 23.7 Å². The van der Waals surface area contributed by atoms with E-state index in [2.05, 4.69) is 20.3 Å². The molecule has 0 aliphatic rings. The lowest BCUT2D eigenvalue weighted by atomic mass is 10.2. The molecule has 0 spiro atoms. The quantitative estimate of drug-likeness (QED) is 0.324. The van der Waals surface area contributed by atoms with Crippen LogP contribution in [0.4, 0.5) is 23.3 Å². The van der Waals surface area contributed by atoms with Crippen molar-refractivity contribution in [1.82, 2.24) is 15.0 Å². The number of hydrogen-bond acceptors (Lipinski definition) is 10. The van der Waals surface area contributed by atoms with E-state index in [1.165, 1.54) is 19.2 Å². The number of nitro groups is 1. The van der Waals surface area contributed by atoms with Gasteiger partial charge in [0.05, 0.1) is 28.3 Å². The van der Waals surface area contributed by atoms with Crippen LogP contribution in [-0.4, -0.2) is 33.0 Å². The molecule has 154 valence electrons. The molecule has 0 amide bonds. The minimum atomic E-state index is -0.873. The molecule has 3 rings (SSSR count). The highest BCUT2D eigenvalue weighted by atomic mass is 35.5. The Hall–Kier alpha value is -3.99. The number of carbonyl (C=O) groups excluding carboxylic acids is 1. The molecule has 0 saturated heterocycles. The van der Waals surface area contributed by atoms with Gasteiger partial charge in [-0.05, 0) is 18.2 Å². The maximum Gasteiger partial charge on any atom is 0.340 e. The number of carbonyl (C=O) groups is 1. The molecule has 3 N–H and O–H groups in total. The van der Waals surface area contributed by atoms with Gasteiger partial charge in [-0.2, -0.15) is 15.0 Å². The molecule has 3 aromatic rings. The first-order valence-electron chi connectivity index (χ1n) is 8.39. The number of para-hydroxylation sites is 2. The fourth-order valence-electron chi connectivity index (χ4n) is 2.42. The number of ether oxygens (including phenoxy) is 2. The number of rotatable bonds is 7. The average molecular weight is 431 g/mol. The van der Waals surface area contributed by atoms with Crippen molar-refractivity contribution >= 4 is 40.8 Å². The van der Waals surface area contributed by atoms with Crippen molar-refractivity contribution in [3.8, 4) is 5.75 Å². The molecule has 0 aliphatic heterocycles. The number of nitrogens with zero attached hydrogens (tertiary/aromatic N) is 4. The molecular weight excluding hydrogens is 416 g/mol. The number of halogens is 1. The predicted molar refractivity (Wildman–Crippen MR) is 108 cm³/mol. The minimum Gasteiger partial charge on any atom is -0.495 e. The third kappa shape index (κ3) is 4.89. The lowest BCUT2D eigenvalue weighted by Gasteiger charge is -2.11. The number of methoxy groups -OCH3 is 1. The first-order chi connectivity index (χ1) is 14.4. The number of non-ortho nitro benzene ring substituents is 1. The minimum absolute atomic E-state index is 0.0132. The van der Waals surface area contributed by atoms with E-state index in [0.717, 1.165) is 6.07 Å². The lowest BCUT2D eigenvalue weighted by molar-refractivity contribution is -0.384. The van der Waals surface area contributed by atoms with Crippen LogP contribution in [0.2, 0.25) is 5.02 Å². The van der Waals surface area contributed by atoms with Crippen LogP contribution in [0.25, 0.3) is 0 Å². The van der Waals surface area contributed by atoms with Gasteiger partial charge in [-0.25, -0.2) is 4.79 Å². The normalized spacial score (nSPS) is 10.3. The van der Waals surface area contributed by atoms with Gasteiger partial charge in [0.15, 0.2) is 12.4 Å². The van der Waals surface area contributed by atoms with Gasteiger partial charge in [0.25, 0.3) is 5.69 Å². The molecular formula is C18H15ClN6O5.